The van der Waals surface area contributed by atoms with Gasteiger partial charge in [0.1, 0.15) is 11.1 Å². The topological polar surface area (TPSA) is 120 Å². The van der Waals surface area contributed by atoms with E-state index in [1.54, 1.807) is 6.92 Å². The minimum Gasteiger partial charge on any atom is -0.368 e. The van der Waals surface area contributed by atoms with Crippen molar-refractivity contribution in [1.29, 1.82) is 5.26 Å². The van der Waals surface area contributed by atoms with Crippen LogP contribution in [0.4, 0.5) is 10.9 Å². The van der Waals surface area contributed by atoms with Gasteiger partial charge in [-0.25, -0.2) is 5.10 Å². The Morgan fingerprint density at radius 3 is 2.96 bits per heavy atom. The molecule has 0 radical (unpaired) electrons. The molecule has 0 aromatic carbocycles. The van der Waals surface area contributed by atoms with Crippen molar-refractivity contribution in [2.75, 3.05) is 11.1 Å². The zero-order chi connectivity index (χ0) is 17.1. The molecule has 24 heavy (non-hydrogen) atoms. The Morgan fingerprint density at radius 2 is 2.25 bits per heavy atom. The standard InChI is InChI=1S/C15H18N6OS2/c1-8(23-15-19-14(17)20-21-15)12(22)18-13-10(7-16)9-5-3-2-4-6-11(9)24-13/h8H,2-6H2,1H3,(H,18,22)(H3,17,19,20,21)/t8-/m0/s1. The molecule has 0 spiro atoms. The van der Waals surface area contributed by atoms with E-state index in [9.17, 15) is 10.1 Å². The number of hydrogen-bond donors (Lipinski definition) is 3. The molecule has 2 heterocycles. The molecule has 7 nitrogen and oxygen atoms in total. The highest BCUT2D eigenvalue weighted by molar-refractivity contribution is 8.00. The lowest BCUT2D eigenvalue weighted by atomic mass is 10.1. The third-order valence-electron chi connectivity index (χ3n) is 3.90. The van der Waals surface area contributed by atoms with Crippen molar-refractivity contribution in [3.05, 3.63) is 16.0 Å². The Bertz CT molecular complexity index is 790. The minimum atomic E-state index is -0.395. The Morgan fingerprint density at radius 1 is 1.46 bits per heavy atom. The molecule has 1 aliphatic rings. The normalized spacial score (nSPS) is 15.2. The fourth-order valence-electron chi connectivity index (χ4n) is 2.69. The number of H-pyrrole nitrogens is 1. The second-order valence-corrected chi connectivity index (χ2v) is 8.05. The molecule has 1 atom stereocenters. The summed E-state index contributed by atoms with van der Waals surface area (Å²) in [6.45, 7) is 1.77. The molecule has 1 aliphatic carbocycles. The molecule has 2 aromatic rings. The first-order valence-electron chi connectivity index (χ1n) is 7.78. The second-order valence-electron chi connectivity index (χ2n) is 5.63. The van der Waals surface area contributed by atoms with E-state index in [1.165, 1.54) is 34.4 Å². The fourth-order valence-corrected chi connectivity index (χ4v) is 4.66. The lowest BCUT2D eigenvalue weighted by molar-refractivity contribution is -0.115. The Kier molecular flexibility index (Phi) is 5.06. The van der Waals surface area contributed by atoms with Gasteiger partial charge in [-0.15, -0.1) is 16.4 Å². The van der Waals surface area contributed by atoms with Crippen molar-refractivity contribution in [2.45, 2.75) is 49.4 Å². The molecule has 0 unspecified atom stereocenters. The molecular formula is C15H18N6OS2. The van der Waals surface area contributed by atoms with Gasteiger partial charge in [0, 0.05) is 4.88 Å². The highest BCUT2D eigenvalue weighted by Crippen LogP contribution is 2.37. The van der Waals surface area contributed by atoms with Crippen LogP contribution in [0.1, 0.15) is 42.2 Å². The summed E-state index contributed by atoms with van der Waals surface area (Å²) in [4.78, 5) is 17.7. The smallest absolute Gasteiger partial charge is 0.238 e. The number of nitrogens with one attached hydrogen (secondary N) is 2. The molecule has 0 fully saturated rings. The Hall–Kier alpha value is -2.05. The number of amides is 1. The Labute approximate surface area is 148 Å². The van der Waals surface area contributed by atoms with E-state index < -0.39 is 5.25 Å². The zero-order valence-corrected chi connectivity index (χ0v) is 14.9. The number of carbonyl (C=O) groups is 1. The summed E-state index contributed by atoms with van der Waals surface area (Å²) in [6.07, 6.45) is 5.35. The SMILES string of the molecule is C[C@H](Sc1n[nH]c(N)n1)C(=O)Nc1sc2c(c1C#N)CCCCC2. The van der Waals surface area contributed by atoms with Gasteiger partial charge in [-0.1, -0.05) is 18.2 Å². The number of carbonyl (C=O) groups excluding carboxylic acids is 1. The van der Waals surface area contributed by atoms with Crippen molar-refractivity contribution in [2.24, 2.45) is 0 Å². The van der Waals surface area contributed by atoms with Gasteiger partial charge in [0.2, 0.25) is 17.0 Å². The molecular weight excluding hydrogens is 344 g/mol. The summed E-state index contributed by atoms with van der Waals surface area (Å²) < 4.78 is 0. The molecule has 126 valence electrons. The summed E-state index contributed by atoms with van der Waals surface area (Å²) in [5, 5.41) is 19.6. The van der Waals surface area contributed by atoms with E-state index in [0.29, 0.717) is 15.7 Å². The average Bonchev–Trinajstić information content (AvgIpc) is 3.02. The van der Waals surface area contributed by atoms with Crippen LogP contribution in [-0.2, 0) is 17.6 Å². The van der Waals surface area contributed by atoms with Crippen LogP contribution in [0, 0.1) is 11.3 Å². The van der Waals surface area contributed by atoms with Crippen LogP contribution in [0.5, 0.6) is 0 Å². The first kappa shape index (κ1) is 16.8. The number of thioether (sulfide) groups is 1. The quantitative estimate of drug-likeness (QED) is 0.568. The molecule has 0 saturated carbocycles. The van der Waals surface area contributed by atoms with E-state index in [4.69, 9.17) is 5.73 Å². The van der Waals surface area contributed by atoms with Crippen LogP contribution in [-0.4, -0.2) is 26.3 Å². The third kappa shape index (κ3) is 3.55. The van der Waals surface area contributed by atoms with Crippen LogP contribution in [0.3, 0.4) is 0 Å². The second kappa shape index (κ2) is 7.23. The summed E-state index contributed by atoms with van der Waals surface area (Å²) in [6, 6.07) is 2.27. The Balaban J connectivity index is 1.73. The zero-order valence-electron chi connectivity index (χ0n) is 13.3. The van der Waals surface area contributed by atoms with Gasteiger partial charge in [0.25, 0.3) is 0 Å². The van der Waals surface area contributed by atoms with Crippen LogP contribution in [0.25, 0.3) is 0 Å². The number of hydrogen-bond acceptors (Lipinski definition) is 7. The van der Waals surface area contributed by atoms with Crippen LogP contribution >= 0.6 is 23.1 Å². The van der Waals surface area contributed by atoms with Crippen molar-refractivity contribution >= 4 is 40.0 Å². The predicted octanol–water partition coefficient (Wildman–Crippen LogP) is 2.71. The van der Waals surface area contributed by atoms with Gasteiger partial charge in [-0.2, -0.15) is 10.2 Å². The average molecular weight is 362 g/mol. The monoisotopic (exact) mass is 362 g/mol. The first-order valence-corrected chi connectivity index (χ1v) is 9.48. The summed E-state index contributed by atoms with van der Waals surface area (Å²) >= 11 is 2.75. The van der Waals surface area contributed by atoms with Gasteiger partial charge in [0.15, 0.2) is 0 Å². The largest absolute Gasteiger partial charge is 0.368 e. The molecule has 4 N–H and O–H groups in total. The van der Waals surface area contributed by atoms with Gasteiger partial charge in [-0.05, 0) is 38.2 Å². The molecule has 3 rings (SSSR count). The molecule has 0 saturated heterocycles. The third-order valence-corrected chi connectivity index (χ3v) is 6.07. The van der Waals surface area contributed by atoms with Gasteiger partial charge in [0.05, 0.1) is 10.8 Å². The van der Waals surface area contributed by atoms with Crippen LogP contribution < -0.4 is 11.1 Å². The van der Waals surface area contributed by atoms with E-state index in [2.05, 4.69) is 26.6 Å². The number of anilines is 2. The summed E-state index contributed by atoms with van der Waals surface area (Å²) in [5.41, 5.74) is 7.23. The fraction of sp³-hybridized carbons (Fsp3) is 0.467. The summed E-state index contributed by atoms with van der Waals surface area (Å²) in [5.74, 6) is 0.0511. The van der Waals surface area contributed by atoms with Crippen molar-refractivity contribution < 1.29 is 4.79 Å². The number of thiophene rings is 1. The number of aromatic amines is 1. The van der Waals surface area contributed by atoms with Crippen molar-refractivity contribution in [1.82, 2.24) is 15.2 Å². The number of nitriles is 1. The maximum absolute atomic E-state index is 12.4. The van der Waals surface area contributed by atoms with Gasteiger partial charge in [-0.3, -0.25) is 4.79 Å². The molecule has 1 amide bonds. The molecule has 9 heteroatoms. The molecule has 2 aromatic heterocycles. The predicted molar refractivity (Wildman–Crippen MR) is 95.0 cm³/mol. The maximum Gasteiger partial charge on any atom is 0.238 e. The number of nitrogens with two attached hydrogens (primary N) is 1. The van der Waals surface area contributed by atoms with Gasteiger partial charge < -0.3 is 11.1 Å². The van der Waals surface area contributed by atoms with E-state index in [0.717, 1.165) is 31.2 Å². The maximum atomic E-state index is 12.4. The highest BCUT2D eigenvalue weighted by atomic mass is 32.2. The van der Waals surface area contributed by atoms with E-state index in [-0.39, 0.29) is 11.9 Å². The minimum absolute atomic E-state index is 0.170. The highest BCUT2D eigenvalue weighted by Gasteiger charge is 2.23. The number of aryl methyl sites for hydroxylation is 1. The van der Waals surface area contributed by atoms with Crippen molar-refractivity contribution in [3.63, 3.8) is 0 Å². The summed E-state index contributed by atoms with van der Waals surface area (Å²) in [7, 11) is 0. The first-order chi connectivity index (χ1) is 11.6. The lowest BCUT2D eigenvalue weighted by Crippen LogP contribution is -2.22. The van der Waals surface area contributed by atoms with Crippen LogP contribution in [0.15, 0.2) is 5.16 Å². The van der Waals surface area contributed by atoms with Crippen LogP contribution in [0.2, 0.25) is 0 Å². The number of nitrogen functional groups attached to an aromatic ring is 1. The number of rotatable bonds is 4. The van der Waals surface area contributed by atoms with E-state index >= 15 is 0 Å². The number of nitrogens with zero attached hydrogens (tertiary/aromatic N) is 3. The van der Waals surface area contributed by atoms with Gasteiger partial charge >= 0.3 is 0 Å². The molecule has 0 aliphatic heterocycles. The van der Waals surface area contributed by atoms with Crippen molar-refractivity contribution in [3.8, 4) is 6.07 Å². The number of fused-ring (bicyclic) bond motifs is 1. The number of aromatic nitrogens is 3. The lowest BCUT2D eigenvalue weighted by Gasteiger charge is -2.09. The van der Waals surface area contributed by atoms with E-state index in [1.807, 2.05) is 0 Å². The molecule has 0 bridgehead atoms.